The number of halogens is 1. The number of hydrogen-bond acceptors (Lipinski definition) is 4. The zero-order valence-corrected chi connectivity index (χ0v) is 15.4. The van der Waals surface area contributed by atoms with E-state index in [-0.39, 0.29) is 30.3 Å². The third kappa shape index (κ3) is 3.32. The fourth-order valence-electron chi connectivity index (χ4n) is 4.13. The van der Waals surface area contributed by atoms with Gasteiger partial charge in [-0.1, -0.05) is 6.92 Å². The lowest BCUT2D eigenvalue weighted by atomic mass is 9.70. The molecule has 1 amide bonds. The van der Waals surface area contributed by atoms with E-state index in [9.17, 15) is 9.90 Å². The van der Waals surface area contributed by atoms with Crippen molar-refractivity contribution in [3.05, 3.63) is 17.5 Å². The number of fused-ring (bicyclic) bond motifs is 1. The first-order valence-electron chi connectivity index (χ1n) is 8.77. The maximum Gasteiger partial charge on any atom is 0.257 e. The maximum atomic E-state index is 12.9. The van der Waals surface area contributed by atoms with Crippen molar-refractivity contribution in [3.8, 4) is 0 Å². The van der Waals surface area contributed by atoms with Crippen LogP contribution in [0.4, 0.5) is 0 Å². The van der Waals surface area contributed by atoms with Gasteiger partial charge in [-0.15, -0.1) is 12.4 Å². The number of carbonyl (C=O) groups excluding carboxylic acids is 1. The van der Waals surface area contributed by atoms with E-state index < -0.39 is 0 Å². The van der Waals surface area contributed by atoms with Crippen LogP contribution in [0.3, 0.4) is 0 Å². The fraction of sp³-hybridized carbons (Fsp3) is 0.765. The summed E-state index contributed by atoms with van der Waals surface area (Å²) in [5.74, 6) is 0.0571. The first-order valence-corrected chi connectivity index (χ1v) is 8.77. The molecule has 24 heavy (non-hydrogen) atoms. The Bertz CT molecular complexity index is 577. The SMILES string of the molecule is CCCn1ncc(C(=O)N2CC[C@H]3NCCC[C@]3(CO)C2)c1C.Cl. The van der Waals surface area contributed by atoms with Crippen molar-refractivity contribution >= 4 is 18.3 Å². The van der Waals surface area contributed by atoms with Crippen molar-refractivity contribution in [3.63, 3.8) is 0 Å². The summed E-state index contributed by atoms with van der Waals surface area (Å²) in [5, 5.41) is 17.9. The molecule has 2 saturated heterocycles. The van der Waals surface area contributed by atoms with Gasteiger partial charge >= 0.3 is 0 Å². The van der Waals surface area contributed by atoms with Crippen molar-refractivity contribution in [1.29, 1.82) is 0 Å². The molecule has 6 nitrogen and oxygen atoms in total. The number of amides is 1. The topological polar surface area (TPSA) is 70.4 Å². The van der Waals surface area contributed by atoms with Gasteiger partial charge in [0.2, 0.25) is 0 Å². The third-order valence-corrected chi connectivity index (χ3v) is 5.55. The van der Waals surface area contributed by atoms with Crippen LogP contribution >= 0.6 is 12.4 Å². The fourth-order valence-corrected chi connectivity index (χ4v) is 4.13. The molecule has 0 bridgehead atoms. The highest BCUT2D eigenvalue weighted by Gasteiger charge is 2.45. The minimum Gasteiger partial charge on any atom is -0.396 e. The van der Waals surface area contributed by atoms with E-state index >= 15 is 0 Å². The van der Waals surface area contributed by atoms with Crippen LogP contribution in [0, 0.1) is 12.3 Å². The number of nitrogens with one attached hydrogen (secondary N) is 1. The van der Waals surface area contributed by atoms with Crippen LogP contribution in [0.25, 0.3) is 0 Å². The summed E-state index contributed by atoms with van der Waals surface area (Å²) in [6.07, 6.45) is 5.66. The van der Waals surface area contributed by atoms with Crippen molar-refractivity contribution < 1.29 is 9.90 Å². The zero-order chi connectivity index (χ0) is 16.4. The van der Waals surface area contributed by atoms with E-state index in [1.807, 2.05) is 16.5 Å². The second-order valence-corrected chi connectivity index (χ2v) is 7.01. The average molecular weight is 357 g/mol. The summed E-state index contributed by atoms with van der Waals surface area (Å²) in [5.41, 5.74) is 1.46. The molecular formula is C17H29ClN4O2. The summed E-state index contributed by atoms with van der Waals surface area (Å²) in [4.78, 5) is 14.9. The van der Waals surface area contributed by atoms with Gasteiger partial charge in [0.05, 0.1) is 18.4 Å². The van der Waals surface area contributed by atoms with Gasteiger partial charge in [-0.3, -0.25) is 9.48 Å². The lowest BCUT2D eigenvalue weighted by molar-refractivity contribution is -0.0138. The van der Waals surface area contributed by atoms with Crippen molar-refractivity contribution in [2.24, 2.45) is 5.41 Å². The van der Waals surface area contributed by atoms with E-state index in [1.165, 1.54) is 0 Å². The van der Waals surface area contributed by atoms with Gasteiger partial charge in [-0.05, 0) is 39.2 Å². The van der Waals surface area contributed by atoms with Crippen LogP contribution in [0.2, 0.25) is 0 Å². The van der Waals surface area contributed by atoms with Crippen LogP contribution in [-0.4, -0.2) is 58.0 Å². The summed E-state index contributed by atoms with van der Waals surface area (Å²) < 4.78 is 1.91. The lowest BCUT2D eigenvalue weighted by Gasteiger charge is -2.50. The molecule has 3 rings (SSSR count). The normalized spacial score (nSPS) is 26.6. The molecule has 0 saturated carbocycles. The third-order valence-electron chi connectivity index (χ3n) is 5.55. The first kappa shape index (κ1) is 19.2. The van der Waals surface area contributed by atoms with Gasteiger partial charge in [-0.2, -0.15) is 5.10 Å². The molecule has 0 aromatic carbocycles. The molecule has 2 aliphatic rings. The second kappa shape index (κ2) is 7.85. The van der Waals surface area contributed by atoms with E-state index in [1.54, 1.807) is 6.20 Å². The molecule has 0 spiro atoms. The Morgan fingerprint density at radius 1 is 1.54 bits per heavy atom. The number of nitrogens with zero attached hydrogens (tertiary/aromatic N) is 3. The summed E-state index contributed by atoms with van der Waals surface area (Å²) in [6.45, 7) is 7.45. The smallest absolute Gasteiger partial charge is 0.257 e. The molecule has 0 aliphatic carbocycles. The van der Waals surface area contributed by atoms with Crippen LogP contribution in [0.1, 0.15) is 48.7 Å². The number of likely N-dealkylation sites (tertiary alicyclic amines) is 1. The lowest BCUT2D eigenvalue weighted by Crippen LogP contribution is -2.62. The molecule has 2 fully saturated rings. The Labute approximate surface area is 150 Å². The highest BCUT2D eigenvalue weighted by atomic mass is 35.5. The van der Waals surface area contributed by atoms with Crippen molar-refractivity contribution in [1.82, 2.24) is 20.0 Å². The second-order valence-electron chi connectivity index (χ2n) is 7.01. The van der Waals surface area contributed by atoms with Gasteiger partial charge in [0.15, 0.2) is 0 Å². The van der Waals surface area contributed by atoms with Crippen LogP contribution in [-0.2, 0) is 6.54 Å². The van der Waals surface area contributed by atoms with Crippen LogP contribution < -0.4 is 5.32 Å². The van der Waals surface area contributed by atoms with Crippen LogP contribution in [0.15, 0.2) is 6.20 Å². The molecule has 3 heterocycles. The predicted molar refractivity (Wildman–Crippen MR) is 95.6 cm³/mol. The number of hydrogen-bond donors (Lipinski definition) is 2. The number of piperidine rings is 2. The highest BCUT2D eigenvalue weighted by Crippen LogP contribution is 2.37. The Balaban J connectivity index is 0.00000208. The number of aryl methyl sites for hydroxylation is 1. The predicted octanol–water partition coefficient (Wildman–Crippen LogP) is 1.60. The Morgan fingerprint density at radius 2 is 2.33 bits per heavy atom. The Hall–Kier alpha value is -1.11. The molecule has 7 heteroatoms. The average Bonchev–Trinajstić information content (AvgIpc) is 2.95. The van der Waals surface area contributed by atoms with Gasteiger partial charge in [-0.25, -0.2) is 0 Å². The van der Waals surface area contributed by atoms with E-state index in [4.69, 9.17) is 0 Å². The number of rotatable bonds is 4. The summed E-state index contributed by atoms with van der Waals surface area (Å²) >= 11 is 0. The van der Waals surface area contributed by atoms with Gasteiger partial charge in [0.1, 0.15) is 0 Å². The molecule has 2 aliphatic heterocycles. The minimum absolute atomic E-state index is 0. The molecule has 0 unspecified atom stereocenters. The molecule has 2 atom stereocenters. The Kier molecular flexibility index (Phi) is 6.28. The van der Waals surface area contributed by atoms with E-state index in [2.05, 4.69) is 17.3 Å². The minimum atomic E-state index is -0.181. The number of carbonyl (C=O) groups is 1. The molecule has 1 aromatic heterocycles. The zero-order valence-electron chi connectivity index (χ0n) is 14.6. The number of aromatic nitrogens is 2. The van der Waals surface area contributed by atoms with Gasteiger partial charge in [0, 0.05) is 36.8 Å². The Morgan fingerprint density at radius 3 is 3.04 bits per heavy atom. The van der Waals surface area contributed by atoms with Gasteiger partial charge in [0.25, 0.3) is 5.91 Å². The number of aliphatic hydroxyl groups is 1. The quantitative estimate of drug-likeness (QED) is 0.859. The van der Waals surface area contributed by atoms with Crippen molar-refractivity contribution in [2.75, 3.05) is 26.2 Å². The summed E-state index contributed by atoms with van der Waals surface area (Å²) in [7, 11) is 0. The molecular weight excluding hydrogens is 328 g/mol. The highest BCUT2D eigenvalue weighted by molar-refractivity contribution is 5.95. The van der Waals surface area contributed by atoms with Gasteiger partial charge < -0.3 is 15.3 Å². The maximum absolute atomic E-state index is 12.9. The largest absolute Gasteiger partial charge is 0.396 e. The standard InChI is InChI=1S/C17H28N4O2.ClH/c1-3-8-21-13(2)14(10-19-21)16(23)20-9-5-15-17(11-20,12-22)6-4-7-18-15;/h10,15,18,22H,3-9,11-12H2,1-2H3;1H/t15-,17-;/m1./s1. The van der Waals surface area contributed by atoms with E-state index in [0.29, 0.717) is 18.2 Å². The van der Waals surface area contributed by atoms with Crippen LogP contribution in [0.5, 0.6) is 0 Å². The monoisotopic (exact) mass is 356 g/mol. The first-order chi connectivity index (χ1) is 11.1. The van der Waals surface area contributed by atoms with E-state index in [0.717, 1.165) is 51.0 Å². The molecule has 2 N–H and O–H groups in total. The molecule has 1 aromatic rings. The van der Waals surface area contributed by atoms with Crippen molar-refractivity contribution in [2.45, 2.75) is 52.1 Å². The number of aliphatic hydroxyl groups excluding tert-OH is 1. The molecule has 136 valence electrons. The summed E-state index contributed by atoms with van der Waals surface area (Å²) in [6, 6.07) is 0.328. The molecule has 0 radical (unpaired) electrons.